The van der Waals surface area contributed by atoms with Crippen LogP contribution in [0.1, 0.15) is 32.6 Å². The summed E-state index contributed by atoms with van der Waals surface area (Å²) in [4.78, 5) is 17.5. The number of carbonyl (C=O) groups is 1. The maximum absolute atomic E-state index is 14.5. The van der Waals surface area contributed by atoms with Gasteiger partial charge in [0, 0.05) is 29.5 Å². The lowest BCUT2D eigenvalue weighted by atomic mass is 9.88. The zero-order valence-electron chi connectivity index (χ0n) is 21.1. The van der Waals surface area contributed by atoms with Crippen LogP contribution in [0.25, 0.3) is 16.5 Å². The number of alkyl halides is 9. The number of nitrogens with one attached hydrogen (secondary N) is 2. The molecule has 0 saturated carbocycles. The molecule has 1 atom stereocenters. The second kappa shape index (κ2) is 10.5. The fourth-order valence-corrected chi connectivity index (χ4v) is 4.80. The quantitative estimate of drug-likeness (QED) is 0.329. The van der Waals surface area contributed by atoms with Crippen LogP contribution in [-0.4, -0.2) is 39.1 Å². The largest absolute Gasteiger partial charge is 0.428 e. The van der Waals surface area contributed by atoms with Crippen molar-refractivity contribution < 1.29 is 57.6 Å². The summed E-state index contributed by atoms with van der Waals surface area (Å²) in [6.45, 7) is -0.223. The summed E-state index contributed by atoms with van der Waals surface area (Å²) in [6, 6.07) is 7.84. The van der Waals surface area contributed by atoms with Crippen LogP contribution < -0.4 is 10.8 Å². The van der Waals surface area contributed by atoms with Crippen LogP contribution in [0.4, 0.5) is 39.5 Å². The Balaban J connectivity index is 1.85. The summed E-state index contributed by atoms with van der Waals surface area (Å²) in [5.41, 5.74) is -7.60. The topological polar surface area (TPSA) is 84.5 Å². The Hall–Kier alpha value is -3.79. The van der Waals surface area contributed by atoms with E-state index in [4.69, 9.17) is 4.84 Å². The molecular formula is C26H19F9N2O4S. The van der Waals surface area contributed by atoms with Crippen molar-refractivity contribution in [1.82, 2.24) is 10.8 Å². The molecule has 6 nitrogen and oxygen atoms in total. The maximum Gasteiger partial charge on any atom is 0.428 e. The molecule has 0 aromatic heterocycles. The van der Waals surface area contributed by atoms with Crippen molar-refractivity contribution in [2.75, 3.05) is 18.6 Å². The van der Waals surface area contributed by atoms with Crippen molar-refractivity contribution in [1.29, 1.82) is 0 Å². The van der Waals surface area contributed by atoms with Crippen molar-refractivity contribution in [2.24, 2.45) is 0 Å². The predicted molar refractivity (Wildman–Crippen MR) is 132 cm³/mol. The molecular weight excluding hydrogens is 607 g/mol. The van der Waals surface area contributed by atoms with Gasteiger partial charge in [-0.3, -0.25) is 15.1 Å². The average molecular weight is 626 g/mol. The number of hydroxylamine groups is 1. The molecule has 226 valence electrons. The third-order valence-corrected chi connectivity index (χ3v) is 7.27. The number of hydrogen-bond acceptors (Lipinski definition) is 5. The van der Waals surface area contributed by atoms with Gasteiger partial charge in [-0.25, -0.2) is 8.42 Å². The minimum atomic E-state index is -5.54. The lowest BCUT2D eigenvalue weighted by Crippen LogP contribution is -2.43. The van der Waals surface area contributed by atoms with Crippen molar-refractivity contribution in [2.45, 2.75) is 24.1 Å². The van der Waals surface area contributed by atoms with E-state index in [0.29, 0.717) is 6.08 Å². The molecule has 1 unspecified atom stereocenters. The van der Waals surface area contributed by atoms with Crippen LogP contribution in [0.5, 0.6) is 0 Å². The molecule has 1 aliphatic heterocycles. The number of sulfone groups is 1. The third-order valence-electron chi connectivity index (χ3n) is 6.32. The summed E-state index contributed by atoms with van der Waals surface area (Å²) in [7, 11) is -3.39. The lowest BCUT2D eigenvalue weighted by Gasteiger charge is -2.29. The van der Waals surface area contributed by atoms with E-state index in [1.54, 1.807) is 0 Å². The molecule has 0 bridgehead atoms. The molecule has 4 rings (SSSR count). The Morgan fingerprint density at radius 2 is 1.45 bits per heavy atom. The minimum Gasteiger partial charge on any atom is -0.351 e. The number of halogens is 9. The Kier molecular flexibility index (Phi) is 7.78. The molecule has 1 aliphatic rings. The number of hydrogen-bond donors (Lipinski definition) is 2. The molecule has 0 radical (unpaired) electrons. The minimum absolute atomic E-state index is 0.0209. The molecule has 0 aliphatic carbocycles. The van der Waals surface area contributed by atoms with Crippen LogP contribution in [0.15, 0.2) is 60.7 Å². The monoisotopic (exact) mass is 626 g/mol. The molecule has 3 aromatic carbocycles. The van der Waals surface area contributed by atoms with Gasteiger partial charge in [0.05, 0.1) is 22.6 Å². The zero-order chi connectivity index (χ0) is 31.3. The van der Waals surface area contributed by atoms with Gasteiger partial charge in [0.15, 0.2) is 0 Å². The summed E-state index contributed by atoms with van der Waals surface area (Å²) in [5.74, 6) is -1.05. The van der Waals surface area contributed by atoms with E-state index in [9.17, 15) is 52.7 Å². The fourth-order valence-electron chi connectivity index (χ4n) is 4.32. The molecule has 0 saturated heterocycles. The Labute approximate surface area is 232 Å². The smallest absolute Gasteiger partial charge is 0.351 e. The van der Waals surface area contributed by atoms with Gasteiger partial charge >= 0.3 is 18.5 Å². The van der Waals surface area contributed by atoms with Crippen LogP contribution in [0.2, 0.25) is 0 Å². The Morgan fingerprint density at radius 3 is 1.98 bits per heavy atom. The van der Waals surface area contributed by atoms with Gasteiger partial charge in [-0.2, -0.15) is 39.5 Å². The first kappa shape index (κ1) is 31.2. The normalized spacial score (nSPS) is 18.1. The SMILES string of the molecule is CS(=O)(=O)CCNC(=O)c1ccc(C2=CC(c3cc(C(F)(F)F)cc(C(F)(F)F)c3)(C(F)(F)F)ON2)c2ccccc12. The van der Waals surface area contributed by atoms with E-state index in [1.165, 1.54) is 36.4 Å². The highest BCUT2D eigenvalue weighted by molar-refractivity contribution is 7.90. The van der Waals surface area contributed by atoms with Gasteiger partial charge in [0.2, 0.25) is 5.60 Å². The van der Waals surface area contributed by atoms with Crippen LogP contribution >= 0.6 is 0 Å². The van der Waals surface area contributed by atoms with E-state index < -0.39 is 62.3 Å². The van der Waals surface area contributed by atoms with Crippen molar-refractivity contribution >= 4 is 32.2 Å². The second-order valence-corrected chi connectivity index (χ2v) is 11.6. The zero-order valence-corrected chi connectivity index (χ0v) is 21.9. The maximum atomic E-state index is 14.5. The van der Waals surface area contributed by atoms with E-state index in [0.717, 1.165) is 6.26 Å². The first-order valence-corrected chi connectivity index (χ1v) is 13.8. The molecule has 0 spiro atoms. The number of benzene rings is 3. The third kappa shape index (κ3) is 6.18. The first-order chi connectivity index (χ1) is 19.2. The van der Waals surface area contributed by atoms with Gasteiger partial charge in [-0.05, 0) is 41.1 Å². The van der Waals surface area contributed by atoms with Gasteiger partial charge in [-0.15, -0.1) is 0 Å². The Bertz CT molecular complexity index is 1650. The Morgan fingerprint density at radius 1 is 0.881 bits per heavy atom. The molecule has 0 fully saturated rings. The summed E-state index contributed by atoms with van der Waals surface area (Å²) in [5, 5.41) is 2.80. The van der Waals surface area contributed by atoms with Crippen molar-refractivity contribution in [3.05, 3.63) is 88.5 Å². The second-order valence-electron chi connectivity index (χ2n) is 9.38. The number of rotatable bonds is 6. The van der Waals surface area contributed by atoms with E-state index >= 15 is 0 Å². The van der Waals surface area contributed by atoms with Crippen molar-refractivity contribution in [3.63, 3.8) is 0 Å². The lowest BCUT2D eigenvalue weighted by molar-refractivity contribution is -0.269. The number of carbonyl (C=O) groups excluding carboxylic acids is 1. The van der Waals surface area contributed by atoms with Gasteiger partial charge in [-0.1, -0.05) is 30.3 Å². The molecule has 1 amide bonds. The molecule has 42 heavy (non-hydrogen) atoms. The summed E-state index contributed by atoms with van der Waals surface area (Å²) in [6.07, 6.45) is -15.1. The number of amides is 1. The predicted octanol–water partition coefficient (Wildman–Crippen LogP) is 5.99. The molecule has 3 aromatic rings. The van der Waals surface area contributed by atoms with Gasteiger partial charge in [0.25, 0.3) is 5.91 Å². The molecule has 16 heteroatoms. The highest BCUT2D eigenvalue weighted by Crippen LogP contribution is 2.50. The van der Waals surface area contributed by atoms with Crippen LogP contribution in [0.3, 0.4) is 0 Å². The molecule has 2 N–H and O–H groups in total. The highest BCUT2D eigenvalue weighted by Gasteiger charge is 2.60. The van der Waals surface area contributed by atoms with E-state index in [2.05, 4.69) is 5.32 Å². The van der Waals surface area contributed by atoms with Crippen molar-refractivity contribution in [3.8, 4) is 0 Å². The highest BCUT2D eigenvalue weighted by atomic mass is 32.2. The molecule has 1 heterocycles. The number of fused-ring (bicyclic) bond motifs is 1. The van der Waals surface area contributed by atoms with Crippen LogP contribution in [0, 0.1) is 0 Å². The van der Waals surface area contributed by atoms with Gasteiger partial charge < -0.3 is 5.32 Å². The average Bonchev–Trinajstić information content (AvgIpc) is 3.33. The van der Waals surface area contributed by atoms with Crippen LogP contribution in [-0.2, 0) is 32.6 Å². The first-order valence-electron chi connectivity index (χ1n) is 11.7. The van der Waals surface area contributed by atoms with Gasteiger partial charge in [0.1, 0.15) is 9.84 Å². The van der Waals surface area contributed by atoms with E-state index in [-0.39, 0.29) is 52.4 Å². The van der Waals surface area contributed by atoms with E-state index in [1.807, 2.05) is 5.48 Å². The fraction of sp³-hybridized carbons (Fsp3) is 0.269. The standard InChI is InChI=1S/C26H19F9N2O4S/c1-42(39,40)9-8-36-22(38)20-7-6-19(17-4-2-3-5-18(17)20)21-13-23(41-37-21,26(33,34)35)14-10-15(24(27,28)29)12-16(11-14)25(30,31)32/h2-7,10-13,37H,8-9H2,1H3,(H,36,38). The summed E-state index contributed by atoms with van der Waals surface area (Å²) < 4.78 is 147. The summed E-state index contributed by atoms with van der Waals surface area (Å²) >= 11 is 0.